The summed E-state index contributed by atoms with van der Waals surface area (Å²) in [6.45, 7) is 13.7. The molecule has 3 fully saturated rings. The Labute approximate surface area is 162 Å². The number of ketones is 1. The standard InChI is InChI=1S/C22H34O5/c1-14(2)17(24)9-10-19(5)13-21-15(3)7-8-18(26-16(4)23)20(21,6)11-12-22(19,25)27-21/h14,18,25H,3,7-13H2,1-2,4-6H3/t18-,19-,20-,21?,22-/m1/s1. The highest BCUT2D eigenvalue weighted by molar-refractivity contribution is 5.80. The Bertz CT molecular complexity index is 670. The van der Waals surface area contributed by atoms with Crippen molar-refractivity contribution in [2.75, 3.05) is 0 Å². The molecule has 0 aromatic heterocycles. The van der Waals surface area contributed by atoms with E-state index in [1.54, 1.807) is 0 Å². The molecule has 2 heterocycles. The lowest BCUT2D eigenvalue weighted by molar-refractivity contribution is -0.315. The summed E-state index contributed by atoms with van der Waals surface area (Å²) < 4.78 is 12.2. The average molecular weight is 379 g/mol. The molecule has 3 rings (SSSR count). The maximum atomic E-state index is 12.2. The highest BCUT2D eigenvalue weighted by Gasteiger charge is 2.73. The van der Waals surface area contributed by atoms with E-state index in [2.05, 4.69) is 13.5 Å². The van der Waals surface area contributed by atoms with E-state index in [1.165, 1.54) is 6.92 Å². The van der Waals surface area contributed by atoms with Crippen LogP contribution in [0, 0.1) is 16.7 Å². The van der Waals surface area contributed by atoms with E-state index in [0.717, 1.165) is 12.0 Å². The van der Waals surface area contributed by atoms with Gasteiger partial charge in [-0.3, -0.25) is 9.59 Å². The first-order chi connectivity index (χ1) is 12.4. The van der Waals surface area contributed by atoms with E-state index in [0.29, 0.717) is 38.5 Å². The van der Waals surface area contributed by atoms with Gasteiger partial charge in [0.1, 0.15) is 17.5 Å². The van der Waals surface area contributed by atoms with Gasteiger partial charge >= 0.3 is 5.97 Å². The second-order valence-corrected chi connectivity index (χ2v) is 9.73. The summed E-state index contributed by atoms with van der Waals surface area (Å²) in [7, 11) is 0. The van der Waals surface area contributed by atoms with E-state index < -0.39 is 22.2 Å². The predicted octanol–water partition coefficient (Wildman–Crippen LogP) is 3.93. The molecule has 1 N–H and O–H groups in total. The number of rotatable bonds is 5. The largest absolute Gasteiger partial charge is 0.462 e. The van der Waals surface area contributed by atoms with Crippen molar-refractivity contribution in [1.82, 2.24) is 0 Å². The van der Waals surface area contributed by atoms with Crippen LogP contribution in [0.3, 0.4) is 0 Å². The highest BCUT2D eigenvalue weighted by Crippen LogP contribution is 2.69. The molecule has 5 atom stereocenters. The molecule has 1 spiro atoms. The minimum atomic E-state index is -1.27. The molecule has 27 heavy (non-hydrogen) atoms. The molecule has 5 heteroatoms. The third-order valence-corrected chi connectivity index (χ3v) is 7.70. The molecule has 1 aliphatic carbocycles. The summed E-state index contributed by atoms with van der Waals surface area (Å²) >= 11 is 0. The number of hydrogen-bond donors (Lipinski definition) is 1. The first-order valence-electron chi connectivity index (χ1n) is 10.2. The van der Waals surface area contributed by atoms with Crippen molar-refractivity contribution < 1.29 is 24.2 Å². The maximum absolute atomic E-state index is 12.2. The molecule has 152 valence electrons. The van der Waals surface area contributed by atoms with Crippen molar-refractivity contribution in [1.29, 1.82) is 0 Å². The fourth-order valence-electron chi connectivity index (χ4n) is 5.65. The van der Waals surface area contributed by atoms with Crippen molar-refractivity contribution >= 4 is 11.8 Å². The number of aliphatic hydroxyl groups is 1. The van der Waals surface area contributed by atoms with Crippen molar-refractivity contribution in [3.8, 4) is 0 Å². The van der Waals surface area contributed by atoms with Gasteiger partial charge in [-0.15, -0.1) is 0 Å². The summed E-state index contributed by atoms with van der Waals surface area (Å²) in [5, 5.41) is 11.4. The topological polar surface area (TPSA) is 72.8 Å². The zero-order valence-corrected chi connectivity index (χ0v) is 17.4. The Balaban J connectivity index is 1.94. The Morgan fingerprint density at radius 1 is 1.33 bits per heavy atom. The number of fused-ring (bicyclic) bond motifs is 1. The van der Waals surface area contributed by atoms with Crippen molar-refractivity contribution in [2.45, 2.75) is 97.1 Å². The van der Waals surface area contributed by atoms with Gasteiger partial charge in [0, 0.05) is 36.5 Å². The van der Waals surface area contributed by atoms with Gasteiger partial charge in [0.05, 0.1) is 0 Å². The quantitative estimate of drug-likeness (QED) is 0.580. The molecule has 0 amide bonds. The van der Waals surface area contributed by atoms with Crippen LogP contribution in [0.5, 0.6) is 0 Å². The van der Waals surface area contributed by atoms with Crippen LogP contribution < -0.4 is 0 Å². The molecule has 1 saturated carbocycles. The third kappa shape index (κ3) is 2.89. The van der Waals surface area contributed by atoms with Crippen LogP contribution in [-0.4, -0.2) is 34.4 Å². The highest BCUT2D eigenvalue weighted by atomic mass is 16.7. The molecule has 0 aromatic carbocycles. The van der Waals surface area contributed by atoms with Gasteiger partial charge in [-0.05, 0) is 37.7 Å². The minimum Gasteiger partial charge on any atom is -0.462 e. The van der Waals surface area contributed by atoms with Crippen LogP contribution in [0.4, 0.5) is 0 Å². The van der Waals surface area contributed by atoms with Crippen LogP contribution in [-0.2, 0) is 19.1 Å². The number of esters is 1. The summed E-state index contributed by atoms with van der Waals surface area (Å²) in [4.78, 5) is 23.9. The maximum Gasteiger partial charge on any atom is 0.302 e. The Morgan fingerprint density at radius 3 is 2.59 bits per heavy atom. The number of carbonyl (C=O) groups is 2. The Hall–Kier alpha value is -1.20. The summed E-state index contributed by atoms with van der Waals surface area (Å²) in [5.41, 5.74) is -0.685. The molecule has 3 aliphatic rings. The monoisotopic (exact) mass is 378 g/mol. The van der Waals surface area contributed by atoms with Crippen molar-refractivity contribution in [3.05, 3.63) is 12.2 Å². The second-order valence-electron chi connectivity index (χ2n) is 9.73. The number of Topliss-reactive ketones (excluding diaryl/α,β-unsaturated/α-hetero) is 1. The second kappa shape index (κ2) is 6.41. The van der Waals surface area contributed by atoms with Crippen LogP contribution in [0.2, 0.25) is 0 Å². The number of hydrogen-bond acceptors (Lipinski definition) is 5. The van der Waals surface area contributed by atoms with Crippen LogP contribution in [0.1, 0.15) is 79.6 Å². The number of carbonyl (C=O) groups excluding carboxylic acids is 2. The lowest BCUT2D eigenvalue weighted by atomic mass is 9.57. The summed E-state index contributed by atoms with van der Waals surface area (Å²) in [5.74, 6) is -1.36. The van der Waals surface area contributed by atoms with Crippen LogP contribution in [0.15, 0.2) is 12.2 Å². The zero-order chi connectivity index (χ0) is 20.3. The van der Waals surface area contributed by atoms with Crippen LogP contribution in [0.25, 0.3) is 0 Å². The van der Waals surface area contributed by atoms with Gasteiger partial charge in [-0.2, -0.15) is 0 Å². The molecule has 2 aliphatic heterocycles. The molecule has 1 unspecified atom stereocenters. The molecular formula is C22H34O5. The third-order valence-electron chi connectivity index (χ3n) is 7.70. The average Bonchev–Trinajstić information content (AvgIpc) is 2.78. The predicted molar refractivity (Wildman–Crippen MR) is 102 cm³/mol. The Kier molecular flexibility index (Phi) is 4.88. The first-order valence-corrected chi connectivity index (χ1v) is 10.2. The smallest absolute Gasteiger partial charge is 0.302 e. The normalized spacial score (nSPS) is 43.5. The van der Waals surface area contributed by atoms with Crippen molar-refractivity contribution in [2.24, 2.45) is 16.7 Å². The van der Waals surface area contributed by atoms with Gasteiger partial charge in [-0.1, -0.05) is 34.3 Å². The summed E-state index contributed by atoms with van der Waals surface area (Å²) in [6, 6.07) is 0. The first kappa shape index (κ1) is 20.5. The molecule has 0 radical (unpaired) electrons. The van der Waals surface area contributed by atoms with E-state index in [-0.39, 0.29) is 23.8 Å². The minimum absolute atomic E-state index is 0.00800. The van der Waals surface area contributed by atoms with Crippen molar-refractivity contribution in [3.63, 3.8) is 0 Å². The van der Waals surface area contributed by atoms with E-state index in [4.69, 9.17) is 9.47 Å². The molecule has 0 aromatic rings. The van der Waals surface area contributed by atoms with Crippen LogP contribution >= 0.6 is 0 Å². The van der Waals surface area contributed by atoms with E-state index in [9.17, 15) is 14.7 Å². The Morgan fingerprint density at radius 2 is 2.00 bits per heavy atom. The van der Waals surface area contributed by atoms with Gasteiger partial charge in [0.15, 0.2) is 5.79 Å². The van der Waals surface area contributed by atoms with Gasteiger partial charge in [0.2, 0.25) is 0 Å². The zero-order valence-electron chi connectivity index (χ0n) is 17.4. The van der Waals surface area contributed by atoms with Gasteiger partial charge in [-0.25, -0.2) is 0 Å². The van der Waals surface area contributed by atoms with Gasteiger partial charge in [0.25, 0.3) is 0 Å². The fraction of sp³-hybridized carbons (Fsp3) is 0.818. The van der Waals surface area contributed by atoms with E-state index in [1.807, 2.05) is 20.8 Å². The summed E-state index contributed by atoms with van der Waals surface area (Å²) in [6.07, 6.45) is 4.01. The van der Waals surface area contributed by atoms with E-state index >= 15 is 0 Å². The lowest BCUT2D eigenvalue weighted by Crippen LogP contribution is -2.62. The molecule has 2 saturated heterocycles. The SMILES string of the molecule is C=C1CC[C@@H](OC(C)=O)[C@@]2(C)CC[C@@]3(O)OC12C[C@@]3(C)CCC(=O)C(C)C. The number of ether oxygens (including phenoxy) is 2. The van der Waals surface area contributed by atoms with Gasteiger partial charge < -0.3 is 14.6 Å². The molecular weight excluding hydrogens is 344 g/mol. The lowest BCUT2D eigenvalue weighted by Gasteiger charge is -2.57. The molecule has 5 nitrogen and oxygen atoms in total. The fourth-order valence-corrected chi connectivity index (χ4v) is 5.65. The molecule has 2 bridgehead atoms.